The van der Waals surface area contributed by atoms with Crippen molar-refractivity contribution in [2.75, 3.05) is 0 Å². The molecular weight excluding hydrogens is 362 g/mol. The van der Waals surface area contributed by atoms with Crippen molar-refractivity contribution in [2.45, 2.75) is 44.4 Å². The first-order chi connectivity index (χ1) is 8.58. The van der Waals surface area contributed by atoms with Gasteiger partial charge in [-0.15, -0.1) is 0 Å². The zero-order chi connectivity index (χ0) is 13.1. The SMILES string of the molecule is Oc1ccc(Br)c(CN[C@H]2CCC[C@@H](O)C2)c1Br. The second-order valence-electron chi connectivity index (χ2n) is 4.76. The summed E-state index contributed by atoms with van der Waals surface area (Å²) in [6.45, 7) is 0.674. The van der Waals surface area contributed by atoms with Gasteiger partial charge in [0.25, 0.3) is 0 Å². The number of halogens is 2. The third-order valence-electron chi connectivity index (χ3n) is 3.38. The minimum atomic E-state index is -0.174. The Kier molecular flexibility index (Phi) is 5.06. The van der Waals surface area contributed by atoms with E-state index in [1.165, 1.54) is 0 Å². The average Bonchev–Trinajstić information content (AvgIpc) is 2.34. The molecule has 1 fully saturated rings. The van der Waals surface area contributed by atoms with Crippen LogP contribution in [0.25, 0.3) is 0 Å². The van der Waals surface area contributed by atoms with Crippen LogP contribution in [0.4, 0.5) is 0 Å². The maximum Gasteiger partial charge on any atom is 0.130 e. The fraction of sp³-hybridized carbons (Fsp3) is 0.538. The number of aromatic hydroxyl groups is 1. The molecule has 0 radical (unpaired) electrons. The lowest BCUT2D eigenvalue weighted by molar-refractivity contribution is 0.111. The van der Waals surface area contributed by atoms with E-state index in [9.17, 15) is 10.2 Å². The average molecular weight is 379 g/mol. The molecule has 3 N–H and O–H groups in total. The van der Waals surface area contributed by atoms with Crippen molar-refractivity contribution in [3.8, 4) is 5.75 Å². The fourth-order valence-corrected chi connectivity index (χ4v) is 3.57. The number of nitrogens with one attached hydrogen (secondary N) is 1. The molecule has 0 bridgehead atoms. The molecule has 1 aromatic carbocycles. The van der Waals surface area contributed by atoms with Gasteiger partial charge in [-0.2, -0.15) is 0 Å². The lowest BCUT2D eigenvalue weighted by Gasteiger charge is -2.27. The highest BCUT2D eigenvalue weighted by molar-refractivity contribution is 9.11. The smallest absolute Gasteiger partial charge is 0.130 e. The van der Waals surface area contributed by atoms with E-state index < -0.39 is 0 Å². The van der Waals surface area contributed by atoms with Gasteiger partial charge in [-0.1, -0.05) is 15.9 Å². The Morgan fingerprint density at radius 2 is 2.06 bits per heavy atom. The molecular formula is C13H17Br2NO2. The highest BCUT2D eigenvalue weighted by Crippen LogP contribution is 2.33. The molecule has 1 aromatic rings. The zero-order valence-corrected chi connectivity index (χ0v) is 13.2. The van der Waals surface area contributed by atoms with Gasteiger partial charge in [0.05, 0.1) is 10.6 Å². The molecule has 3 nitrogen and oxygen atoms in total. The first-order valence-electron chi connectivity index (χ1n) is 6.15. The molecule has 2 atom stereocenters. The molecule has 0 aliphatic heterocycles. The van der Waals surface area contributed by atoms with Gasteiger partial charge >= 0.3 is 0 Å². The second kappa shape index (κ2) is 6.37. The van der Waals surface area contributed by atoms with E-state index >= 15 is 0 Å². The summed E-state index contributed by atoms with van der Waals surface area (Å²) < 4.78 is 1.69. The lowest BCUT2D eigenvalue weighted by atomic mass is 9.93. The van der Waals surface area contributed by atoms with Crippen LogP contribution in [-0.2, 0) is 6.54 Å². The van der Waals surface area contributed by atoms with Gasteiger partial charge in [-0.25, -0.2) is 0 Å². The molecule has 0 spiro atoms. The minimum absolute atomic E-state index is 0.174. The molecule has 0 unspecified atom stereocenters. The lowest BCUT2D eigenvalue weighted by Crippen LogP contribution is -2.35. The highest BCUT2D eigenvalue weighted by Gasteiger charge is 2.20. The van der Waals surface area contributed by atoms with E-state index in [0.717, 1.165) is 40.2 Å². The van der Waals surface area contributed by atoms with E-state index in [1.807, 2.05) is 6.07 Å². The summed E-state index contributed by atoms with van der Waals surface area (Å²) >= 11 is 6.89. The third kappa shape index (κ3) is 3.47. The minimum Gasteiger partial charge on any atom is -0.507 e. The Balaban J connectivity index is 1.99. The molecule has 0 aromatic heterocycles. The van der Waals surface area contributed by atoms with Crippen molar-refractivity contribution in [3.63, 3.8) is 0 Å². The Morgan fingerprint density at radius 1 is 1.28 bits per heavy atom. The molecule has 5 heteroatoms. The van der Waals surface area contributed by atoms with Crippen LogP contribution in [0.15, 0.2) is 21.1 Å². The van der Waals surface area contributed by atoms with Crippen LogP contribution in [0.5, 0.6) is 5.75 Å². The molecule has 1 aliphatic rings. The summed E-state index contributed by atoms with van der Waals surface area (Å²) in [7, 11) is 0. The second-order valence-corrected chi connectivity index (χ2v) is 6.40. The molecule has 1 saturated carbocycles. The van der Waals surface area contributed by atoms with E-state index in [0.29, 0.717) is 12.6 Å². The van der Waals surface area contributed by atoms with Crippen LogP contribution in [0.2, 0.25) is 0 Å². The summed E-state index contributed by atoms with van der Waals surface area (Å²) in [4.78, 5) is 0. The van der Waals surface area contributed by atoms with Gasteiger partial charge in [0, 0.05) is 17.1 Å². The van der Waals surface area contributed by atoms with Crippen molar-refractivity contribution in [1.29, 1.82) is 0 Å². The number of phenols is 1. The topological polar surface area (TPSA) is 52.5 Å². The van der Waals surface area contributed by atoms with E-state index in [-0.39, 0.29) is 11.9 Å². The Labute approximate surface area is 124 Å². The number of phenolic OH excluding ortho intramolecular Hbond substituents is 1. The van der Waals surface area contributed by atoms with Crippen LogP contribution >= 0.6 is 31.9 Å². The quantitative estimate of drug-likeness (QED) is 0.756. The predicted molar refractivity (Wildman–Crippen MR) is 78.6 cm³/mol. The Hall–Kier alpha value is -0.100. The van der Waals surface area contributed by atoms with Crippen LogP contribution in [0, 0.1) is 0 Å². The zero-order valence-electron chi connectivity index (χ0n) is 10.00. The van der Waals surface area contributed by atoms with Gasteiger partial charge in [-0.05, 0) is 59.3 Å². The normalized spacial score (nSPS) is 24.2. The first kappa shape index (κ1) is 14.3. The van der Waals surface area contributed by atoms with Crippen LogP contribution < -0.4 is 5.32 Å². The number of aliphatic hydroxyl groups is 1. The van der Waals surface area contributed by atoms with Gasteiger partial charge in [-0.3, -0.25) is 0 Å². The number of benzene rings is 1. The van der Waals surface area contributed by atoms with Crippen LogP contribution in [-0.4, -0.2) is 22.4 Å². The summed E-state index contributed by atoms with van der Waals surface area (Å²) in [6.07, 6.45) is 3.73. The van der Waals surface area contributed by atoms with E-state index in [1.54, 1.807) is 6.07 Å². The molecule has 1 aliphatic carbocycles. The van der Waals surface area contributed by atoms with Crippen molar-refractivity contribution in [2.24, 2.45) is 0 Å². The Bertz CT molecular complexity index is 426. The number of aliphatic hydroxyl groups excluding tert-OH is 1. The van der Waals surface area contributed by atoms with Gasteiger partial charge in [0.15, 0.2) is 0 Å². The van der Waals surface area contributed by atoms with Crippen molar-refractivity contribution in [1.82, 2.24) is 5.32 Å². The summed E-state index contributed by atoms with van der Waals surface area (Å²) in [5.74, 6) is 0.249. The fourth-order valence-electron chi connectivity index (χ4n) is 2.34. The van der Waals surface area contributed by atoms with Gasteiger partial charge in [0.2, 0.25) is 0 Å². The maximum absolute atomic E-state index is 9.67. The molecule has 0 heterocycles. The molecule has 0 amide bonds. The van der Waals surface area contributed by atoms with Crippen LogP contribution in [0.1, 0.15) is 31.2 Å². The van der Waals surface area contributed by atoms with Crippen molar-refractivity contribution >= 4 is 31.9 Å². The van der Waals surface area contributed by atoms with E-state index in [2.05, 4.69) is 37.2 Å². The molecule has 0 saturated heterocycles. The van der Waals surface area contributed by atoms with E-state index in [4.69, 9.17) is 0 Å². The molecule has 100 valence electrons. The number of hydrogen-bond donors (Lipinski definition) is 3. The monoisotopic (exact) mass is 377 g/mol. The molecule has 2 rings (SSSR count). The summed E-state index contributed by atoms with van der Waals surface area (Å²) in [5, 5.41) is 22.7. The van der Waals surface area contributed by atoms with Crippen LogP contribution in [0.3, 0.4) is 0 Å². The van der Waals surface area contributed by atoms with Crippen molar-refractivity contribution in [3.05, 3.63) is 26.6 Å². The predicted octanol–water partition coefficient (Wildman–Crippen LogP) is 3.31. The summed E-state index contributed by atoms with van der Waals surface area (Å²) in [5.41, 5.74) is 1.01. The highest BCUT2D eigenvalue weighted by atomic mass is 79.9. The third-order valence-corrected chi connectivity index (χ3v) is 5.01. The Morgan fingerprint density at radius 3 is 2.78 bits per heavy atom. The molecule has 18 heavy (non-hydrogen) atoms. The number of hydrogen-bond acceptors (Lipinski definition) is 3. The largest absolute Gasteiger partial charge is 0.507 e. The maximum atomic E-state index is 9.67. The first-order valence-corrected chi connectivity index (χ1v) is 7.74. The standard InChI is InChI=1S/C13H17Br2NO2/c14-11-4-5-12(18)13(15)10(11)7-16-8-2-1-3-9(17)6-8/h4-5,8-9,16-18H,1-3,6-7H2/t8-,9+/m0/s1. The van der Waals surface area contributed by atoms with Gasteiger partial charge < -0.3 is 15.5 Å². The van der Waals surface area contributed by atoms with Crippen molar-refractivity contribution < 1.29 is 10.2 Å². The van der Waals surface area contributed by atoms with Gasteiger partial charge in [0.1, 0.15) is 5.75 Å². The number of rotatable bonds is 3. The summed E-state index contributed by atoms with van der Waals surface area (Å²) in [6, 6.07) is 3.85.